The van der Waals surface area contributed by atoms with Crippen LogP contribution in [-0.4, -0.2) is 34.2 Å². The summed E-state index contributed by atoms with van der Waals surface area (Å²) in [5.74, 6) is -1.38. The van der Waals surface area contributed by atoms with E-state index in [2.05, 4.69) is 21.5 Å². The Labute approximate surface area is 200 Å². The summed E-state index contributed by atoms with van der Waals surface area (Å²) >= 11 is 0. The van der Waals surface area contributed by atoms with Crippen molar-refractivity contribution in [3.63, 3.8) is 0 Å². The Hall–Kier alpha value is -3.32. The Morgan fingerprint density at radius 1 is 1.29 bits per heavy atom. The van der Waals surface area contributed by atoms with E-state index in [1.54, 1.807) is 36.7 Å². The maximum absolute atomic E-state index is 13.6. The van der Waals surface area contributed by atoms with Crippen LogP contribution in [0.3, 0.4) is 0 Å². The lowest BCUT2D eigenvalue weighted by Gasteiger charge is -2.35. The lowest BCUT2D eigenvalue weighted by Crippen LogP contribution is -2.42. The van der Waals surface area contributed by atoms with Crippen molar-refractivity contribution >= 4 is 22.4 Å². The summed E-state index contributed by atoms with van der Waals surface area (Å²) in [7, 11) is 0. The molecule has 1 fully saturated rings. The first-order chi connectivity index (χ1) is 16.6. The minimum absolute atomic E-state index is 0.00371. The molecule has 7 nitrogen and oxygen atoms in total. The van der Waals surface area contributed by atoms with Gasteiger partial charge >= 0.3 is 6.18 Å². The molecule has 186 valence electrons. The maximum atomic E-state index is 13.6. The standard InChI is InChI=1S/C25H28F3N5O2/c1-16(2)14-19(25(26,27)28)17-4-6-18(7-5-17)31-22-21-20(8-12-30-23(21)34)33(32-22)24(10-11-29)9-3-13-35-15-24/h4-8,12,16,19H,3,9-10,13-15H2,1-2H3,(H,30,34)(H,31,32)/t19?,24-/m0/s1. The largest absolute Gasteiger partial charge is 0.395 e. The fourth-order valence-corrected chi connectivity index (χ4v) is 4.76. The molecule has 1 aromatic carbocycles. The van der Waals surface area contributed by atoms with Gasteiger partial charge in [0.25, 0.3) is 5.56 Å². The highest BCUT2D eigenvalue weighted by Crippen LogP contribution is 2.40. The predicted molar refractivity (Wildman–Crippen MR) is 127 cm³/mol. The number of halogens is 3. The van der Waals surface area contributed by atoms with Gasteiger partial charge in [-0.05, 0) is 48.9 Å². The molecule has 35 heavy (non-hydrogen) atoms. The Morgan fingerprint density at radius 2 is 2.03 bits per heavy atom. The second-order valence-electron chi connectivity index (χ2n) is 9.51. The zero-order valence-electron chi connectivity index (χ0n) is 19.7. The number of nitrogens with one attached hydrogen (secondary N) is 2. The fraction of sp³-hybridized carbons (Fsp3) is 0.480. The molecule has 1 aliphatic heterocycles. The molecule has 2 aromatic heterocycles. The van der Waals surface area contributed by atoms with Crippen molar-refractivity contribution in [2.45, 2.75) is 57.2 Å². The van der Waals surface area contributed by atoms with E-state index in [1.807, 2.05) is 0 Å². The molecule has 0 radical (unpaired) electrons. The van der Waals surface area contributed by atoms with Crippen molar-refractivity contribution in [2.24, 2.45) is 5.92 Å². The molecule has 0 amide bonds. The number of hydrogen-bond acceptors (Lipinski definition) is 5. The number of nitrogens with zero attached hydrogens (tertiary/aromatic N) is 3. The monoisotopic (exact) mass is 487 g/mol. The Morgan fingerprint density at radius 3 is 2.63 bits per heavy atom. The van der Waals surface area contributed by atoms with E-state index in [1.165, 1.54) is 18.3 Å². The number of rotatable bonds is 7. The number of H-pyrrole nitrogens is 1. The average molecular weight is 488 g/mol. The minimum atomic E-state index is -4.33. The molecule has 10 heteroatoms. The first-order valence-corrected chi connectivity index (χ1v) is 11.6. The third kappa shape index (κ3) is 5.05. The van der Waals surface area contributed by atoms with Crippen LogP contribution >= 0.6 is 0 Å². The number of benzene rings is 1. The van der Waals surface area contributed by atoms with E-state index in [-0.39, 0.29) is 35.7 Å². The highest BCUT2D eigenvalue weighted by molar-refractivity contribution is 5.91. The fourth-order valence-electron chi connectivity index (χ4n) is 4.76. The normalized spacial score (nSPS) is 19.6. The van der Waals surface area contributed by atoms with Gasteiger partial charge in [0.05, 0.1) is 36.1 Å². The summed E-state index contributed by atoms with van der Waals surface area (Å²) in [6.07, 6.45) is -1.21. The van der Waals surface area contributed by atoms with Crippen molar-refractivity contribution in [3.05, 3.63) is 52.4 Å². The van der Waals surface area contributed by atoms with E-state index >= 15 is 0 Å². The number of aromatic amines is 1. The molecule has 0 aliphatic carbocycles. The quantitative estimate of drug-likeness (QED) is 0.454. The zero-order valence-corrected chi connectivity index (χ0v) is 19.7. The number of aromatic nitrogens is 3. The topological polar surface area (TPSA) is 95.7 Å². The second kappa shape index (κ2) is 9.74. The number of fused-ring (bicyclic) bond motifs is 1. The van der Waals surface area contributed by atoms with E-state index < -0.39 is 17.6 Å². The van der Waals surface area contributed by atoms with Crippen LogP contribution in [-0.2, 0) is 10.3 Å². The molecule has 1 saturated heterocycles. The van der Waals surface area contributed by atoms with Crippen LogP contribution in [0, 0.1) is 17.2 Å². The highest BCUT2D eigenvalue weighted by atomic mass is 19.4. The first kappa shape index (κ1) is 24.8. The van der Waals surface area contributed by atoms with E-state index in [0.29, 0.717) is 36.2 Å². The van der Waals surface area contributed by atoms with Crippen LogP contribution < -0.4 is 10.9 Å². The third-order valence-corrected chi connectivity index (χ3v) is 6.44. The van der Waals surface area contributed by atoms with Crippen LogP contribution in [0.1, 0.15) is 51.0 Å². The smallest absolute Gasteiger partial charge is 0.379 e. The molecular weight excluding hydrogens is 459 g/mol. The number of pyridine rings is 1. The molecule has 1 unspecified atom stereocenters. The SMILES string of the molecule is CC(C)CC(c1ccc(Nc2nn([C@]3(CC#N)CCCOC3)c3cc[nH]c(=O)c23)cc1)C(F)(F)F. The van der Waals surface area contributed by atoms with Crippen molar-refractivity contribution in [3.8, 4) is 6.07 Å². The summed E-state index contributed by atoms with van der Waals surface area (Å²) in [4.78, 5) is 15.4. The van der Waals surface area contributed by atoms with Crippen molar-refractivity contribution in [2.75, 3.05) is 18.5 Å². The van der Waals surface area contributed by atoms with Gasteiger partial charge in [0.15, 0.2) is 5.82 Å². The second-order valence-corrected chi connectivity index (χ2v) is 9.51. The van der Waals surface area contributed by atoms with E-state index in [0.717, 1.165) is 6.42 Å². The first-order valence-electron chi connectivity index (χ1n) is 11.6. The lowest BCUT2D eigenvalue weighted by atomic mass is 9.89. The van der Waals surface area contributed by atoms with Gasteiger partial charge in [-0.1, -0.05) is 26.0 Å². The van der Waals surface area contributed by atoms with Crippen LogP contribution in [0.25, 0.3) is 10.9 Å². The van der Waals surface area contributed by atoms with Crippen LogP contribution in [0.2, 0.25) is 0 Å². The minimum Gasteiger partial charge on any atom is -0.379 e. The summed E-state index contributed by atoms with van der Waals surface area (Å²) in [6.45, 7) is 4.43. The van der Waals surface area contributed by atoms with Crippen LogP contribution in [0.15, 0.2) is 41.3 Å². The number of anilines is 2. The van der Waals surface area contributed by atoms with Gasteiger partial charge < -0.3 is 15.0 Å². The summed E-state index contributed by atoms with van der Waals surface area (Å²) < 4.78 is 48.2. The summed E-state index contributed by atoms with van der Waals surface area (Å²) in [6, 6.07) is 9.98. The Bertz CT molecular complexity index is 1270. The number of nitriles is 1. The third-order valence-electron chi connectivity index (χ3n) is 6.44. The molecule has 3 heterocycles. The van der Waals surface area contributed by atoms with Gasteiger partial charge in [0, 0.05) is 18.5 Å². The predicted octanol–water partition coefficient (Wildman–Crippen LogP) is 5.58. The van der Waals surface area contributed by atoms with Crippen molar-refractivity contribution in [1.82, 2.24) is 14.8 Å². The molecule has 3 aromatic rings. The average Bonchev–Trinajstić information content (AvgIpc) is 3.18. The Balaban J connectivity index is 1.71. The number of ether oxygens (including phenoxy) is 1. The molecule has 4 rings (SSSR count). The van der Waals surface area contributed by atoms with Gasteiger partial charge in [-0.3, -0.25) is 9.48 Å². The maximum Gasteiger partial charge on any atom is 0.395 e. The molecule has 0 saturated carbocycles. The van der Waals surface area contributed by atoms with Gasteiger partial charge in [-0.15, -0.1) is 0 Å². The van der Waals surface area contributed by atoms with Gasteiger partial charge in [-0.2, -0.15) is 23.5 Å². The summed E-state index contributed by atoms with van der Waals surface area (Å²) in [5.41, 5.74) is 0.189. The van der Waals surface area contributed by atoms with Crippen molar-refractivity contribution < 1.29 is 17.9 Å². The van der Waals surface area contributed by atoms with Gasteiger partial charge in [0.1, 0.15) is 5.39 Å². The number of hydrogen-bond donors (Lipinski definition) is 2. The molecule has 2 N–H and O–H groups in total. The van der Waals surface area contributed by atoms with Crippen LogP contribution in [0.5, 0.6) is 0 Å². The molecule has 0 bridgehead atoms. The van der Waals surface area contributed by atoms with Gasteiger partial charge in [0.2, 0.25) is 0 Å². The lowest BCUT2D eigenvalue weighted by molar-refractivity contribution is -0.153. The zero-order chi connectivity index (χ0) is 25.2. The summed E-state index contributed by atoms with van der Waals surface area (Å²) in [5, 5.41) is 17.6. The Kier molecular flexibility index (Phi) is 6.90. The number of alkyl halides is 3. The molecule has 2 atom stereocenters. The van der Waals surface area contributed by atoms with Gasteiger partial charge in [-0.25, -0.2) is 0 Å². The molecule has 0 spiro atoms. The van der Waals surface area contributed by atoms with Crippen molar-refractivity contribution in [1.29, 1.82) is 5.26 Å². The van der Waals surface area contributed by atoms with Crippen LogP contribution in [0.4, 0.5) is 24.7 Å². The highest BCUT2D eigenvalue weighted by Gasteiger charge is 2.41. The van der Waals surface area contributed by atoms with E-state index in [9.17, 15) is 23.2 Å². The molecule has 1 aliphatic rings. The van der Waals surface area contributed by atoms with E-state index in [4.69, 9.17) is 4.74 Å². The molecular formula is C25H28F3N5O2.